The highest BCUT2D eigenvalue weighted by atomic mass is 16.5. The van der Waals surface area contributed by atoms with E-state index >= 15 is 0 Å². The van der Waals surface area contributed by atoms with Gasteiger partial charge >= 0.3 is 5.97 Å². The van der Waals surface area contributed by atoms with Crippen molar-refractivity contribution < 1.29 is 14.6 Å². The van der Waals surface area contributed by atoms with E-state index < -0.39 is 5.97 Å². The number of aliphatic hydroxyl groups is 1. The van der Waals surface area contributed by atoms with Gasteiger partial charge in [0.15, 0.2) is 0 Å². The van der Waals surface area contributed by atoms with Crippen LogP contribution in [0.1, 0.15) is 13.3 Å². The Labute approximate surface area is 60.3 Å². The maximum absolute atomic E-state index is 10.7. The van der Waals surface area contributed by atoms with Crippen LogP contribution in [-0.2, 0) is 9.53 Å². The summed E-state index contributed by atoms with van der Waals surface area (Å²) >= 11 is 0. The lowest BCUT2D eigenvalue weighted by atomic mass is 10.3. The highest BCUT2D eigenvalue weighted by Crippen LogP contribution is 1.92. The third-order valence-corrected chi connectivity index (χ3v) is 0.917. The second kappa shape index (κ2) is 4.99. The first-order valence-corrected chi connectivity index (χ1v) is 3.18. The molecule has 10 heavy (non-hydrogen) atoms. The monoisotopic (exact) mass is 144 g/mol. The van der Waals surface area contributed by atoms with E-state index in [2.05, 4.69) is 11.3 Å². The molecule has 0 bridgehead atoms. The van der Waals surface area contributed by atoms with Crippen molar-refractivity contribution in [1.29, 1.82) is 0 Å². The second-order valence-corrected chi connectivity index (χ2v) is 1.90. The molecule has 0 atom stereocenters. The summed E-state index contributed by atoms with van der Waals surface area (Å²) in [5, 5.41) is 8.40. The van der Waals surface area contributed by atoms with Gasteiger partial charge in [-0.15, -0.1) is 0 Å². The minimum Gasteiger partial charge on any atom is -0.462 e. The molecule has 0 aliphatic rings. The molecule has 0 aromatic heterocycles. The van der Waals surface area contributed by atoms with Crippen LogP contribution in [0.4, 0.5) is 0 Å². The normalized spacial score (nSPS) is 9.00. The van der Waals surface area contributed by atoms with Crippen molar-refractivity contribution in [1.82, 2.24) is 0 Å². The summed E-state index contributed by atoms with van der Waals surface area (Å²) in [7, 11) is 0. The zero-order chi connectivity index (χ0) is 7.98. The number of carbonyl (C=O) groups excluding carboxylic acids is 1. The highest BCUT2D eigenvalue weighted by molar-refractivity contribution is 5.87. The van der Waals surface area contributed by atoms with Crippen LogP contribution < -0.4 is 0 Å². The summed E-state index contributed by atoms with van der Waals surface area (Å²) in [4.78, 5) is 10.7. The van der Waals surface area contributed by atoms with Crippen LogP contribution in [0.3, 0.4) is 0 Å². The van der Waals surface area contributed by atoms with Gasteiger partial charge in [0, 0.05) is 0 Å². The molecule has 0 aromatic rings. The molecule has 3 nitrogen and oxygen atoms in total. The number of ether oxygens (including phenoxy) is 1. The van der Waals surface area contributed by atoms with E-state index in [-0.39, 0.29) is 12.2 Å². The summed E-state index contributed by atoms with van der Waals surface area (Å²) in [5.74, 6) is -0.510. The standard InChI is InChI=1S/C7H12O3/c1-3-4-10-7(9)6(2)5-8/h8H,2-5H2,1H3. The van der Waals surface area contributed by atoms with Crippen LogP contribution >= 0.6 is 0 Å². The zero-order valence-corrected chi connectivity index (χ0v) is 6.09. The van der Waals surface area contributed by atoms with Crippen molar-refractivity contribution in [2.24, 2.45) is 0 Å². The molecule has 0 rings (SSSR count). The molecule has 1 N–H and O–H groups in total. The number of esters is 1. The molecule has 0 aromatic carbocycles. The molecular formula is C7H12O3. The molecule has 0 saturated carbocycles. The number of aliphatic hydroxyl groups excluding tert-OH is 1. The zero-order valence-electron chi connectivity index (χ0n) is 6.09. The minimum atomic E-state index is -0.510. The smallest absolute Gasteiger partial charge is 0.335 e. The number of carbonyl (C=O) groups is 1. The Morgan fingerprint density at radius 2 is 2.30 bits per heavy atom. The summed E-state index contributed by atoms with van der Waals surface area (Å²) in [6, 6.07) is 0. The Morgan fingerprint density at radius 3 is 2.70 bits per heavy atom. The van der Waals surface area contributed by atoms with Gasteiger partial charge in [-0.25, -0.2) is 4.79 Å². The molecule has 3 heteroatoms. The predicted molar refractivity (Wildman–Crippen MR) is 37.5 cm³/mol. The minimum absolute atomic E-state index is 0.105. The lowest BCUT2D eigenvalue weighted by Gasteiger charge is -2.01. The molecule has 58 valence electrons. The van der Waals surface area contributed by atoms with Gasteiger partial charge in [-0.05, 0) is 6.42 Å². The Hall–Kier alpha value is -0.830. The topological polar surface area (TPSA) is 46.5 Å². The number of rotatable bonds is 4. The fourth-order valence-corrected chi connectivity index (χ4v) is 0.361. The molecular weight excluding hydrogens is 132 g/mol. The van der Waals surface area contributed by atoms with Crippen LogP contribution in [0.2, 0.25) is 0 Å². The fourth-order valence-electron chi connectivity index (χ4n) is 0.361. The van der Waals surface area contributed by atoms with Crippen molar-refractivity contribution in [3.05, 3.63) is 12.2 Å². The summed E-state index contributed by atoms with van der Waals surface area (Å²) in [5.41, 5.74) is 0.105. The largest absolute Gasteiger partial charge is 0.462 e. The van der Waals surface area contributed by atoms with E-state index in [1.165, 1.54) is 0 Å². The Morgan fingerprint density at radius 1 is 1.70 bits per heavy atom. The first-order valence-electron chi connectivity index (χ1n) is 3.18. The molecule has 0 aliphatic heterocycles. The molecule has 0 aliphatic carbocycles. The number of hydrogen-bond donors (Lipinski definition) is 1. The van der Waals surface area contributed by atoms with Gasteiger partial charge in [-0.1, -0.05) is 13.5 Å². The molecule has 0 spiro atoms. The highest BCUT2D eigenvalue weighted by Gasteiger charge is 2.04. The average molecular weight is 144 g/mol. The van der Waals surface area contributed by atoms with Gasteiger partial charge in [0.2, 0.25) is 0 Å². The Balaban J connectivity index is 3.52. The molecule has 0 radical (unpaired) electrons. The van der Waals surface area contributed by atoms with E-state index in [0.717, 1.165) is 6.42 Å². The summed E-state index contributed by atoms with van der Waals surface area (Å²) in [6.45, 7) is 5.26. The van der Waals surface area contributed by atoms with Gasteiger partial charge < -0.3 is 9.84 Å². The fraction of sp³-hybridized carbons (Fsp3) is 0.571. The van der Waals surface area contributed by atoms with Crippen molar-refractivity contribution in [3.8, 4) is 0 Å². The van der Waals surface area contributed by atoms with E-state index in [9.17, 15) is 4.79 Å². The lowest BCUT2D eigenvalue weighted by molar-refractivity contribution is -0.139. The van der Waals surface area contributed by atoms with E-state index in [1.54, 1.807) is 0 Å². The van der Waals surface area contributed by atoms with E-state index in [4.69, 9.17) is 5.11 Å². The van der Waals surface area contributed by atoms with Crippen LogP contribution in [0.15, 0.2) is 12.2 Å². The van der Waals surface area contributed by atoms with Crippen LogP contribution in [-0.4, -0.2) is 24.3 Å². The summed E-state index contributed by atoms with van der Waals surface area (Å²) < 4.78 is 4.65. The lowest BCUT2D eigenvalue weighted by Crippen LogP contribution is -2.10. The maximum atomic E-state index is 10.7. The Bertz CT molecular complexity index is 129. The molecule has 0 amide bonds. The third kappa shape index (κ3) is 3.25. The predicted octanol–water partition coefficient (Wildman–Crippen LogP) is 0.488. The van der Waals surface area contributed by atoms with E-state index in [0.29, 0.717) is 6.61 Å². The van der Waals surface area contributed by atoms with Gasteiger partial charge in [0.25, 0.3) is 0 Å². The quantitative estimate of drug-likeness (QED) is 0.461. The van der Waals surface area contributed by atoms with Crippen LogP contribution in [0, 0.1) is 0 Å². The first-order chi connectivity index (χ1) is 4.72. The molecule has 0 unspecified atom stereocenters. The Kier molecular flexibility index (Phi) is 4.58. The van der Waals surface area contributed by atoms with Crippen LogP contribution in [0.25, 0.3) is 0 Å². The van der Waals surface area contributed by atoms with Gasteiger partial charge in [-0.2, -0.15) is 0 Å². The average Bonchev–Trinajstić information content (AvgIpc) is 1.98. The second-order valence-electron chi connectivity index (χ2n) is 1.90. The van der Waals surface area contributed by atoms with Crippen molar-refractivity contribution >= 4 is 5.97 Å². The maximum Gasteiger partial charge on any atom is 0.335 e. The summed E-state index contributed by atoms with van der Waals surface area (Å²) in [6.07, 6.45) is 0.782. The molecule has 0 fully saturated rings. The van der Waals surface area contributed by atoms with Crippen molar-refractivity contribution in [2.75, 3.05) is 13.2 Å². The van der Waals surface area contributed by atoms with Crippen molar-refractivity contribution in [3.63, 3.8) is 0 Å². The third-order valence-electron chi connectivity index (χ3n) is 0.917. The molecule has 0 saturated heterocycles. The molecule has 0 heterocycles. The van der Waals surface area contributed by atoms with Gasteiger partial charge in [-0.3, -0.25) is 0 Å². The van der Waals surface area contributed by atoms with E-state index in [1.807, 2.05) is 6.92 Å². The van der Waals surface area contributed by atoms with Crippen molar-refractivity contribution in [2.45, 2.75) is 13.3 Å². The van der Waals surface area contributed by atoms with Crippen LogP contribution in [0.5, 0.6) is 0 Å². The SMILES string of the molecule is C=C(CO)C(=O)OCCC. The van der Waals surface area contributed by atoms with Gasteiger partial charge in [0.05, 0.1) is 18.8 Å². The van der Waals surface area contributed by atoms with Gasteiger partial charge in [0.1, 0.15) is 0 Å². The first kappa shape index (κ1) is 9.17. The number of hydrogen-bond acceptors (Lipinski definition) is 3.